The first-order chi connectivity index (χ1) is 19.7. The molecule has 10 heteroatoms. The minimum atomic E-state index is -1.26. The number of likely N-dealkylation sites (tertiary alicyclic amines) is 1. The molecule has 2 aromatic carbocycles. The third kappa shape index (κ3) is 5.42. The van der Waals surface area contributed by atoms with Crippen LogP contribution in [-0.2, 0) is 21.4 Å². The van der Waals surface area contributed by atoms with Crippen molar-refractivity contribution in [2.45, 2.75) is 62.1 Å². The summed E-state index contributed by atoms with van der Waals surface area (Å²) in [6.07, 6.45) is 1.43. The van der Waals surface area contributed by atoms with E-state index in [9.17, 15) is 19.8 Å². The lowest BCUT2D eigenvalue weighted by Crippen LogP contribution is -2.48. The molecule has 3 aromatic rings. The first-order valence-corrected chi connectivity index (χ1v) is 15.1. The smallest absolute Gasteiger partial charge is 0.238 e. The number of likely N-dealkylation sites (N-methyl/N-ethyl adjacent to an activating group) is 1. The molecule has 1 fully saturated rings. The number of anilines is 1. The van der Waals surface area contributed by atoms with Crippen molar-refractivity contribution < 1.29 is 24.2 Å². The Balaban J connectivity index is 1.63. The maximum atomic E-state index is 15.2. The zero-order valence-corrected chi connectivity index (χ0v) is 24.6. The molecule has 7 nitrogen and oxygen atoms in total. The van der Waals surface area contributed by atoms with Gasteiger partial charge in [-0.1, -0.05) is 29.8 Å². The van der Waals surface area contributed by atoms with Crippen molar-refractivity contribution in [3.05, 3.63) is 86.3 Å². The number of carbonyl (C=O) groups is 2. The molecule has 4 N–H and O–H groups in total. The summed E-state index contributed by atoms with van der Waals surface area (Å²) in [4.78, 5) is 31.5. The molecule has 218 valence electrons. The summed E-state index contributed by atoms with van der Waals surface area (Å²) >= 11 is 8.13. The van der Waals surface area contributed by atoms with Gasteiger partial charge in [0, 0.05) is 34.1 Å². The highest BCUT2D eigenvalue weighted by molar-refractivity contribution is 7.09. The number of aliphatic hydroxyl groups excluding tert-OH is 2. The predicted octanol–water partition coefficient (Wildman–Crippen LogP) is 4.39. The molecule has 1 aromatic heterocycles. The van der Waals surface area contributed by atoms with Crippen molar-refractivity contribution in [1.82, 2.24) is 10.2 Å². The summed E-state index contributed by atoms with van der Waals surface area (Å²) in [6, 6.07) is 13.2. The van der Waals surface area contributed by atoms with Crippen LogP contribution in [0.25, 0.3) is 0 Å². The fourth-order valence-corrected chi connectivity index (χ4v) is 7.67. The molecule has 2 amide bonds. The van der Waals surface area contributed by atoms with Crippen LogP contribution in [0, 0.1) is 12.7 Å². The molecule has 0 radical (unpaired) electrons. The molecular weight excluding hydrogens is 565 g/mol. The highest BCUT2D eigenvalue weighted by Gasteiger charge is 2.67. The Morgan fingerprint density at radius 1 is 1.27 bits per heavy atom. The molecule has 2 aliphatic heterocycles. The van der Waals surface area contributed by atoms with Crippen molar-refractivity contribution in [2.24, 2.45) is 0 Å². The van der Waals surface area contributed by atoms with Gasteiger partial charge < -0.3 is 20.8 Å². The monoisotopic (exact) mass is 599 g/mol. The molecule has 1 spiro atoms. The van der Waals surface area contributed by atoms with Crippen LogP contribution in [0.2, 0.25) is 5.02 Å². The van der Waals surface area contributed by atoms with Crippen molar-refractivity contribution in [1.29, 1.82) is 0 Å². The van der Waals surface area contributed by atoms with Crippen LogP contribution in [0.4, 0.5) is 10.1 Å². The third-order valence-corrected chi connectivity index (χ3v) is 9.75. The maximum absolute atomic E-state index is 15.2. The van der Waals surface area contributed by atoms with Gasteiger partial charge in [-0.15, -0.1) is 11.3 Å². The molecular formula is C31H35ClFN3O4S. The van der Waals surface area contributed by atoms with Gasteiger partial charge in [0.1, 0.15) is 11.2 Å². The van der Waals surface area contributed by atoms with E-state index < -0.39 is 41.9 Å². The molecule has 3 heterocycles. The fraction of sp³-hybridized carbons (Fsp3) is 0.419. The second kappa shape index (κ2) is 12.2. The number of aryl methyl sites for hydroxylation is 2. The van der Waals surface area contributed by atoms with Gasteiger partial charge >= 0.3 is 0 Å². The van der Waals surface area contributed by atoms with Crippen molar-refractivity contribution in [3.63, 3.8) is 0 Å². The van der Waals surface area contributed by atoms with Gasteiger partial charge in [0.25, 0.3) is 0 Å². The average Bonchev–Trinajstić information content (AvgIpc) is 3.62. The lowest BCUT2D eigenvalue weighted by Gasteiger charge is -2.36. The van der Waals surface area contributed by atoms with E-state index in [1.165, 1.54) is 10.9 Å². The molecule has 0 aliphatic carbocycles. The van der Waals surface area contributed by atoms with Crippen LogP contribution < -0.4 is 10.6 Å². The van der Waals surface area contributed by atoms with Gasteiger partial charge in [0.2, 0.25) is 11.8 Å². The van der Waals surface area contributed by atoms with E-state index in [1.54, 1.807) is 42.5 Å². The Morgan fingerprint density at radius 3 is 2.78 bits per heavy atom. The summed E-state index contributed by atoms with van der Waals surface area (Å²) in [7, 11) is 1.85. The Hall–Kier alpha value is -2.82. The average molecular weight is 600 g/mol. The van der Waals surface area contributed by atoms with E-state index in [1.807, 2.05) is 29.5 Å². The van der Waals surface area contributed by atoms with Crippen LogP contribution in [-0.4, -0.2) is 65.3 Å². The molecule has 2 aliphatic rings. The molecule has 0 bridgehead atoms. The fourth-order valence-electron chi connectivity index (χ4n) is 6.72. The number of benzene rings is 2. The number of fused-ring (bicyclic) bond motifs is 2. The van der Waals surface area contributed by atoms with E-state index in [0.717, 1.165) is 12.8 Å². The summed E-state index contributed by atoms with van der Waals surface area (Å²) in [5, 5.41) is 27.5. The standard InChI is InChI=1S/C31H35ClFN3O4S/c1-18-14-25-23(16-24(18)33)31(30(40)35-25)26(10-4-8-22-9-5-13-41-22)36(2)28(29(39)34-12-11-21(38)17-37)27(31)19-6-3-7-20(32)15-19/h3,5-7,9,13-16,21,26-28,37-38H,4,8,10-12,17H2,1-2H3,(H,34,39)(H,35,40)/t21-,26+,27-,28+,31-/m0/s1. The first-order valence-electron chi connectivity index (χ1n) is 13.9. The Bertz CT molecular complexity index is 1420. The Morgan fingerprint density at radius 2 is 2.07 bits per heavy atom. The molecule has 5 rings (SSSR count). The predicted molar refractivity (Wildman–Crippen MR) is 159 cm³/mol. The van der Waals surface area contributed by atoms with Crippen molar-refractivity contribution in [3.8, 4) is 0 Å². The van der Waals surface area contributed by atoms with E-state index in [0.29, 0.717) is 33.8 Å². The number of thiophene rings is 1. The summed E-state index contributed by atoms with van der Waals surface area (Å²) in [5.41, 5.74) is 0.993. The normalized spacial score (nSPS) is 24.4. The van der Waals surface area contributed by atoms with Gasteiger partial charge in [0.05, 0.1) is 18.8 Å². The molecule has 0 saturated carbocycles. The summed E-state index contributed by atoms with van der Waals surface area (Å²) in [5.74, 6) is -1.66. The minimum Gasteiger partial charge on any atom is -0.394 e. The zero-order chi connectivity index (χ0) is 29.3. The molecule has 41 heavy (non-hydrogen) atoms. The Labute approximate surface area is 248 Å². The molecule has 5 atom stereocenters. The van der Waals surface area contributed by atoms with E-state index in [-0.39, 0.29) is 24.8 Å². The summed E-state index contributed by atoms with van der Waals surface area (Å²) < 4.78 is 15.2. The van der Waals surface area contributed by atoms with Crippen LogP contribution in [0.5, 0.6) is 0 Å². The molecule has 1 saturated heterocycles. The second-order valence-corrected chi connectivity index (χ2v) is 12.5. The number of nitrogens with one attached hydrogen (secondary N) is 2. The SMILES string of the molecule is Cc1cc2c(cc1F)[C@@]1(C(=O)N2)[C@@H](c2cccc(Cl)c2)[C@H](C(=O)NCC[C@H](O)CO)N(C)[C@@H]1CCCc1cccs1. The van der Waals surface area contributed by atoms with Gasteiger partial charge in [-0.25, -0.2) is 4.39 Å². The number of amides is 2. The van der Waals surface area contributed by atoms with Gasteiger partial charge in [0.15, 0.2) is 0 Å². The van der Waals surface area contributed by atoms with Crippen LogP contribution in [0.15, 0.2) is 53.9 Å². The Kier molecular flexibility index (Phi) is 8.82. The van der Waals surface area contributed by atoms with Gasteiger partial charge in [-0.05, 0) is 92.1 Å². The number of aliphatic hydroxyl groups is 2. The number of carbonyl (C=O) groups excluding carboxylic acids is 2. The lowest BCUT2D eigenvalue weighted by atomic mass is 9.64. The van der Waals surface area contributed by atoms with Crippen LogP contribution >= 0.6 is 22.9 Å². The third-order valence-electron chi connectivity index (χ3n) is 8.58. The van der Waals surface area contributed by atoms with E-state index in [4.69, 9.17) is 11.6 Å². The lowest BCUT2D eigenvalue weighted by molar-refractivity contribution is -0.126. The maximum Gasteiger partial charge on any atom is 0.238 e. The minimum absolute atomic E-state index is 0.153. The van der Waals surface area contributed by atoms with Crippen molar-refractivity contribution >= 4 is 40.4 Å². The van der Waals surface area contributed by atoms with E-state index in [2.05, 4.69) is 16.7 Å². The molecule has 0 unspecified atom stereocenters. The topological polar surface area (TPSA) is 102 Å². The number of hydrogen-bond acceptors (Lipinski definition) is 6. The second-order valence-electron chi connectivity index (χ2n) is 11.0. The number of halogens is 2. The van der Waals surface area contributed by atoms with Crippen LogP contribution in [0.3, 0.4) is 0 Å². The summed E-state index contributed by atoms with van der Waals surface area (Å²) in [6.45, 7) is 1.42. The largest absolute Gasteiger partial charge is 0.394 e. The number of nitrogens with zero attached hydrogens (tertiary/aromatic N) is 1. The first kappa shape index (κ1) is 29.7. The highest BCUT2D eigenvalue weighted by atomic mass is 35.5. The zero-order valence-electron chi connectivity index (χ0n) is 23.1. The quantitative estimate of drug-likeness (QED) is 0.277. The highest BCUT2D eigenvalue weighted by Crippen LogP contribution is 2.58. The van der Waals surface area contributed by atoms with E-state index >= 15 is 4.39 Å². The van der Waals surface area contributed by atoms with Crippen molar-refractivity contribution in [2.75, 3.05) is 25.5 Å². The van der Waals surface area contributed by atoms with Crippen LogP contribution in [0.1, 0.15) is 46.7 Å². The number of hydrogen-bond donors (Lipinski definition) is 4. The number of rotatable bonds is 10. The van der Waals surface area contributed by atoms with Gasteiger partial charge in [-0.3, -0.25) is 14.5 Å². The van der Waals surface area contributed by atoms with Gasteiger partial charge in [-0.2, -0.15) is 0 Å².